The highest BCUT2D eigenvalue weighted by atomic mass is 35.5. The van der Waals surface area contributed by atoms with E-state index in [1.54, 1.807) is 0 Å². The first-order valence-corrected chi connectivity index (χ1v) is 14.6. The molecule has 5 heteroatoms. The van der Waals surface area contributed by atoms with E-state index >= 15 is 0 Å². The molecule has 0 amide bonds. The Hall–Kier alpha value is -0.406. The van der Waals surface area contributed by atoms with Gasteiger partial charge in [0.2, 0.25) is 0 Å². The van der Waals surface area contributed by atoms with Crippen molar-refractivity contribution in [3.63, 3.8) is 0 Å². The van der Waals surface area contributed by atoms with Crippen LogP contribution in [0.25, 0.3) is 0 Å². The topological polar surface area (TPSA) is 9.23 Å². The van der Waals surface area contributed by atoms with Gasteiger partial charge in [-0.3, -0.25) is 0 Å². The number of rotatable bonds is 2. The lowest BCUT2D eigenvalue weighted by Gasteiger charge is -2.36. The fraction of sp³-hybridized carbons (Fsp3) is 0.529. The molecule has 0 N–H and O–H groups in total. The third-order valence-corrected chi connectivity index (χ3v) is 9.87. The Kier molecular flexibility index (Phi) is 5.90. The quantitative estimate of drug-likeness (QED) is 0.419. The van der Waals surface area contributed by atoms with Gasteiger partial charge < -0.3 is 4.43 Å². The number of hydrogen-bond donors (Lipinski definition) is 0. The van der Waals surface area contributed by atoms with Crippen LogP contribution in [0.1, 0.15) is 26.3 Å². The highest BCUT2D eigenvalue weighted by Crippen LogP contribution is 2.41. The van der Waals surface area contributed by atoms with Gasteiger partial charge in [-0.15, -0.1) is 5.54 Å². The molecule has 122 valence electrons. The smallest absolute Gasteiger partial charge is 0.250 e. The summed E-state index contributed by atoms with van der Waals surface area (Å²) in [5.41, 5.74) is 4.09. The molecule has 0 unspecified atom stereocenters. The standard InChI is InChI=1S/C17H26Cl2OSi2/c1-17(2,3)22(7,8)20-14-10-9-13(15(18)16(14)19)11-12-21(4,5)6/h9-10H,1-8H3. The van der Waals surface area contributed by atoms with Crippen molar-refractivity contribution in [2.24, 2.45) is 0 Å². The highest BCUT2D eigenvalue weighted by molar-refractivity contribution is 6.83. The van der Waals surface area contributed by atoms with Crippen LogP contribution in [0.15, 0.2) is 12.1 Å². The van der Waals surface area contributed by atoms with Gasteiger partial charge >= 0.3 is 0 Å². The number of hydrogen-bond acceptors (Lipinski definition) is 1. The zero-order chi connectivity index (χ0) is 17.3. The molecule has 0 atom stereocenters. The summed E-state index contributed by atoms with van der Waals surface area (Å²) >= 11 is 12.8. The molecule has 0 aliphatic heterocycles. The molecule has 0 saturated heterocycles. The first-order chi connectivity index (χ1) is 9.74. The lowest BCUT2D eigenvalue weighted by atomic mass is 10.2. The van der Waals surface area contributed by atoms with Crippen molar-refractivity contribution in [2.75, 3.05) is 0 Å². The first-order valence-electron chi connectivity index (χ1n) is 7.45. The maximum atomic E-state index is 6.41. The van der Waals surface area contributed by atoms with E-state index in [0.717, 1.165) is 5.56 Å². The van der Waals surface area contributed by atoms with Gasteiger partial charge in [0.05, 0.1) is 5.02 Å². The molecule has 0 radical (unpaired) electrons. The maximum Gasteiger partial charge on any atom is 0.250 e. The summed E-state index contributed by atoms with van der Waals surface area (Å²) in [7, 11) is -3.38. The van der Waals surface area contributed by atoms with Crippen molar-refractivity contribution >= 4 is 39.6 Å². The predicted molar refractivity (Wildman–Crippen MR) is 105 cm³/mol. The van der Waals surface area contributed by atoms with Crippen molar-refractivity contribution in [3.8, 4) is 17.2 Å². The summed E-state index contributed by atoms with van der Waals surface area (Å²) < 4.78 is 6.26. The van der Waals surface area contributed by atoms with Gasteiger partial charge in [0, 0.05) is 5.56 Å². The van der Waals surface area contributed by atoms with Crippen LogP contribution in [0.2, 0.25) is 47.8 Å². The molecule has 1 nitrogen and oxygen atoms in total. The van der Waals surface area contributed by atoms with Crippen LogP contribution >= 0.6 is 23.2 Å². The Morgan fingerprint density at radius 1 is 0.955 bits per heavy atom. The molecule has 1 rings (SSSR count). The van der Waals surface area contributed by atoms with Crippen molar-refractivity contribution in [1.82, 2.24) is 0 Å². The molecule has 0 aromatic heterocycles. The molecule has 0 fully saturated rings. The van der Waals surface area contributed by atoms with Crippen LogP contribution in [-0.2, 0) is 0 Å². The zero-order valence-electron chi connectivity index (χ0n) is 14.8. The third kappa shape index (κ3) is 5.06. The second-order valence-corrected chi connectivity index (χ2v) is 18.3. The minimum Gasteiger partial charge on any atom is -0.542 e. The van der Waals surface area contributed by atoms with Crippen LogP contribution in [-0.4, -0.2) is 16.4 Å². The average Bonchev–Trinajstić information content (AvgIpc) is 2.31. The molecule has 0 aliphatic carbocycles. The van der Waals surface area contributed by atoms with Crippen LogP contribution in [0.4, 0.5) is 0 Å². The van der Waals surface area contributed by atoms with Crippen molar-refractivity contribution in [3.05, 3.63) is 27.7 Å². The lowest BCUT2D eigenvalue weighted by Crippen LogP contribution is -2.43. The van der Waals surface area contributed by atoms with Crippen LogP contribution < -0.4 is 4.43 Å². The normalized spacial score (nSPS) is 12.6. The van der Waals surface area contributed by atoms with Gasteiger partial charge in [0.1, 0.15) is 18.8 Å². The minimum atomic E-state index is -1.94. The second-order valence-electron chi connectivity index (χ2n) is 8.10. The van der Waals surface area contributed by atoms with E-state index in [1.165, 1.54) is 0 Å². The van der Waals surface area contributed by atoms with E-state index in [0.29, 0.717) is 15.8 Å². The summed E-state index contributed by atoms with van der Waals surface area (Å²) in [6.07, 6.45) is 0. The number of benzene rings is 1. The summed E-state index contributed by atoms with van der Waals surface area (Å²) in [6.45, 7) is 17.6. The van der Waals surface area contributed by atoms with E-state index in [2.05, 4.69) is 65.0 Å². The zero-order valence-corrected chi connectivity index (χ0v) is 18.3. The van der Waals surface area contributed by atoms with Gasteiger partial charge in [0.15, 0.2) is 0 Å². The largest absolute Gasteiger partial charge is 0.542 e. The van der Waals surface area contributed by atoms with E-state index in [1.807, 2.05) is 12.1 Å². The van der Waals surface area contributed by atoms with E-state index in [-0.39, 0.29) is 5.04 Å². The minimum absolute atomic E-state index is 0.110. The van der Waals surface area contributed by atoms with Gasteiger partial charge in [-0.25, -0.2) is 0 Å². The molecule has 0 aliphatic rings. The van der Waals surface area contributed by atoms with Crippen LogP contribution in [0.5, 0.6) is 5.75 Å². The molecule has 0 spiro atoms. The second kappa shape index (κ2) is 6.61. The summed E-state index contributed by atoms with van der Waals surface area (Å²) in [5, 5.41) is 1.07. The molecule has 1 aromatic carbocycles. The van der Waals surface area contributed by atoms with Gasteiger partial charge in [-0.2, -0.15) is 0 Å². The first kappa shape index (κ1) is 19.6. The SMILES string of the molecule is CC(C)(C)[Si](C)(C)Oc1ccc(C#C[Si](C)(C)C)c(Cl)c1Cl. The summed E-state index contributed by atoms with van der Waals surface area (Å²) in [5.74, 6) is 3.83. The third-order valence-electron chi connectivity index (χ3n) is 3.79. The maximum absolute atomic E-state index is 6.41. The van der Waals surface area contributed by atoms with Crippen molar-refractivity contribution in [2.45, 2.75) is 58.5 Å². The van der Waals surface area contributed by atoms with E-state index < -0.39 is 16.4 Å². The Labute approximate surface area is 147 Å². The molecule has 0 heterocycles. The Balaban J connectivity index is 3.18. The Morgan fingerprint density at radius 3 is 1.95 bits per heavy atom. The summed E-state index contributed by atoms with van der Waals surface area (Å²) in [4.78, 5) is 0. The molecule has 1 aromatic rings. The Morgan fingerprint density at radius 2 is 1.50 bits per heavy atom. The number of halogens is 2. The fourth-order valence-electron chi connectivity index (χ4n) is 1.39. The highest BCUT2D eigenvalue weighted by Gasteiger charge is 2.39. The average molecular weight is 373 g/mol. The summed E-state index contributed by atoms with van der Waals surface area (Å²) in [6, 6.07) is 3.80. The Bertz CT molecular complexity index is 615. The monoisotopic (exact) mass is 372 g/mol. The fourth-order valence-corrected chi connectivity index (χ4v) is 3.40. The van der Waals surface area contributed by atoms with E-state index in [4.69, 9.17) is 27.6 Å². The predicted octanol–water partition coefficient (Wildman–Crippen LogP) is 6.61. The molecular weight excluding hydrogens is 347 g/mol. The lowest BCUT2D eigenvalue weighted by molar-refractivity contribution is 0.492. The van der Waals surface area contributed by atoms with Crippen LogP contribution in [0, 0.1) is 11.5 Å². The van der Waals surface area contributed by atoms with Crippen molar-refractivity contribution in [1.29, 1.82) is 0 Å². The van der Waals surface area contributed by atoms with Gasteiger partial charge in [0.25, 0.3) is 8.32 Å². The van der Waals surface area contributed by atoms with Crippen LogP contribution in [0.3, 0.4) is 0 Å². The van der Waals surface area contributed by atoms with Crippen molar-refractivity contribution < 1.29 is 4.43 Å². The van der Waals surface area contributed by atoms with Gasteiger partial charge in [-0.1, -0.05) is 69.5 Å². The molecule has 0 bridgehead atoms. The van der Waals surface area contributed by atoms with E-state index in [9.17, 15) is 0 Å². The molecular formula is C17H26Cl2OSi2. The molecule has 22 heavy (non-hydrogen) atoms. The van der Waals surface area contributed by atoms with Gasteiger partial charge in [-0.05, 0) is 30.3 Å². The molecule has 0 saturated carbocycles.